The molecule has 2 heterocycles. The van der Waals surface area contributed by atoms with E-state index in [1.54, 1.807) is 19.2 Å². The summed E-state index contributed by atoms with van der Waals surface area (Å²) in [6, 6.07) is 26.6. The van der Waals surface area contributed by atoms with Crippen LogP contribution in [0.15, 0.2) is 95.5 Å². The van der Waals surface area contributed by atoms with Gasteiger partial charge in [0.1, 0.15) is 29.8 Å². The number of aryl methyl sites for hydroxylation is 3. The molecule has 0 aliphatic carbocycles. The summed E-state index contributed by atoms with van der Waals surface area (Å²) in [5, 5.41) is 1.69. The van der Waals surface area contributed by atoms with E-state index in [4.69, 9.17) is 4.42 Å². The number of furan rings is 1. The van der Waals surface area contributed by atoms with E-state index in [0.717, 1.165) is 38.6 Å². The number of pyridine rings is 1. The molecule has 0 aliphatic heterocycles. The van der Waals surface area contributed by atoms with Gasteiger partial charge < -0.3 is 4.42 Å². The van der Waals surface area contributed by atoms with Gasteiger partial charge in [-0.15, -0.1) is 0 Å². The lowest BCUT2D eigenvalue weighted by atomic mass is 9.96. The first-order valence-electron chi connectivity index (χ1n) is 11.9. The third kappa shape index (κ3) is 3.49. The fraction of sp³-hybridized carbons (Fsp3) is 0.0938. The predicted octanol–water partition coefficient (Wildman–Crippen LogP) is 8.31. The normalized spacial score (nSPS) is 11.5. The molecule has 36 heavy (non-hydrogen) atoms. The average Bonchev–Trinajstić information content (AvgIpc) is 3.25. The SMILES string of the molecule is Cc1c[n+](C)c(-c2c(C)ccc3c2oc2c(-c4cccc(-c5ccccc5)c4)c(F)ccc23)cc1F. The Balaban J connectivity index is 1.64. The molecule has 6 rings (SSSR count). The molecule has 0 saturated carbocycles. The average molecular weight is 477 g/mol. The van der Waals surface area contributed by atoms with E-state index in [1.165, 1.54) is 12.1 Å². The van der Waals surface area contributed by atoms with Gasteiger partial charge in [-0.05, 0) is 54.3 Å². The number of nitrogens with zero attached hydrogens (tertiary/aromatic N) is 1. The second-order valence-electron chi connectivity index (χ2n) is 9.28. The van der Waals surface area contributed by atoms with Gasteiger partial charge in [-0.1, -0.05) is 60.7 Å². The highest BCUT2D eigenvalue weighted by molar-refractivity contribution is 6.13. The van der Waals surface area contributed by atoms with Crippen molar-refractivity contribution in [2.75, 3.05) is 0 Å². The van der Waals surface area contributed by atoms with Crippen LogP contribution in [0.1, 0.15) is 11.1 Å². The molecule has 0 unspecified atom stereocenters. The van der Waals surface area contributed by atoms with Crippen LogP contribution < -0.4 is 4.57 Å². The molecule has 0 radical (unpaired) electrons. The first-order valence-corrected chi connectivity index (χ1v) is 11.9. The number of hydrogen-bond acceptors (Lipinski definition) is 1. The quantitative estimate of drug-likeness (QED) is 0.235. The van der Waals surface area contributed by atoms with Crippen molar-refractivity contribution in [1.29, 1.82) is 0 Å². The third-order valence-corrected chi connectivity index (χ3v) is 6.89. The zero-order valence-electron chi connectivity index (χ0n) is 20.3. The van der Waals surface area contributed by atoms with Crippen LogP contribution in [0.3, 0.4) is 0 Å². The minimum Gasteiger partial charge on any atom is -0.454 e. The summed E-state index contributed by atoms with van der Waals surface area (Å²) in [6.45, 7) is 3.72. The van der Waals surface area contributed by atoms with E-state index >= 15 is 4.39 Å². The molecule has 2 aromatic heterocycles. The standard InChI is InChI=1S/C32H24F2NO/c1-19-12-13-24-25-14-15-26(33)30(23-11-7-10-22(16-23)21-8-5-4-6-9-21)32(25)36-31(24)29(19)28-17-27(34)20(2)18-35(28)3/h4-18H,1-3H3/q+1. The summed E-state index contributed by atoms with van der Waals surface area (Å²) in [4.78, 5) is 0. The third-order valence-electron chi connectivity index (χ3n) is 6.89. The molecule has 0 fully saturated rings. The van der Waals surface area contributed by atoms with E-state index in [2.05, 4.69) is 0 Å². The van der Waals surface area contributed by atoms with Crippen molar-refractivity contribution in [3.8, 4) is 33.5 Å². The number of benzene rings is 4. The first-order chi connectivity index (χ1) is 17.4. The summed E-state index contributed by atoms with van der Waals surface area (Å²) in [5.41, 5.74) is 7.35. The molecule has 0 spiro atoms. The van der Waals surface area contributed by atoms with Gasteiger partial charge in [0, 0.05) is 22.4 Å². The van der Waals surface area contributed by atoms with Crippen LogP contribution in [0.5, 0.6) is 0 Å². The molecule has 0 saturated heterocycles. The lowest BCUT2D eigenvalue weighted by Crippen LogP contribution is -2.31. The van der Waals surface area contributed by atoms with Gasteiger partial charge in [-0.25, -0.2) is 13.3 Å². The molecule has 0 N–H and O–H groups in total. The van der Waals surface area contributed by atoms with Crippen molar-refractivity contribution in [2.24, 2.45) is 7.05 Å². The molecular formula is C32H24F2NO+. The Bertz CT molecular complexity index is 1780. The van der Waals surface area contributed by atoms with Crippen molar-refractivity contribution in [3.63, 3.8) is 0 Å². The van der Waals surface area contributed by atoms with Gasteiger partial charge in [-0.2, -0.15) is 0 Å². The lowest BCUT2D eigenvalue weighted by molar-refractivity contribution is -0.661. The Morgan fingerprint density at radius 3 is 2.06 bits per heavy atom. The van der Waals surface area contributed by atoms with Crippen LogP contribution in [0.25, 0.3) is 55.4 Å². The largest absolute Gasteiger partial charge is 0.454 e. The molecule has 6 aromatic rings. The van der Waals surface area contributed by atoms with Crippen LogP contribution in [-0.2, 0) is 7.05 Å². The van der Waals surface area contributed by atoms with E-state index in [-0.39, 0.29) is 11.6 Å². The fourth-order valence-corrected chi connectivity index (χ4v) is 5.06. The van der Waals surface area contributed by atoms with Crippen molar-refractivity contribution in [2.45, 2.75) is 13.8 Å². The minimum atomic E-state index is -0.350. The number of aromatic nitrogens is 1. The summed E-state index contributed by atoms with van der Waals surface area (Å²) >= 11 is 0. The molecular weight excluding hydrogens is 452 g/mol. The van der Waals surface area contributed by atoms with Gasteiger partial charge in [0.2, 0.25) is 5.69 Å². The van der Waals surface area contributed by atoms with Crippen molar-refractivity contribution in [1.82, 2.24) is 0 Å². The number of fused-ring (bicyclic) bond motifs is 3. The van der Waals surface area contributed by atoms with E-state index in [0.29, 0.717) is 28.0 Å². The molecule has 0 aliphatic rings. The van der Waals surface area contributed by atoms with Crippen molar-refractivity contribution < 1.29 is 17.8 Å². The van der Waals surface area contributed by atoms with Gasteiger partial charge in [-0.3, -0.25) is 0 Å². The topological polar surface area (TPSA) is 17.0 Å². The Kier molecular flexibility index (Phi) is 5.18. The number of rotatable bonds is 3. The van der Waals surface area contributed by atoms with Gasteiger partial charge in [0.25, 0.3) is 0 Å². The fourth-order valence-electron chi connectivity index (χ4n) is 5.06. The Morgan fingerprint density at radius 1 is 0.611 bits per heavy atom. The minimum absolute atomic E-state index is 0.278. The molecule has 0 bridgehead atoms. The van der Waals surface area contributed by atoms with E-state index in [9.17, 15) is 4.39 Å². The zero-order chi connectivity index (χ0) is 25.0. The Labute approximate surface area is 208 Å². The highest BCUT2D eigenvalue weighted by Crippen LogP contribution is 2.42. The highest BCUT2D eigenvalue weighted by Gasteiger charge is 2.24. The molecule has 0 amide bonds. The maximum Gasteiger partial charge on any atom is 0.219 e. The monoisotopic (exact) mass is 476 g/mol. The maximum absolute atomic E-state index is 15.4. The molecule has 0 atom stereocenters. The summed E-state index contributed by atoms with van der Waals surface area (Å²) in [7, 11) is 1.89. The first kappa shape index (κ1) is 22.2. The highest BCUT2D eigenvalue weighted by atomic mass is 19.1. The lowest BCUT2D eigenvalue weighted by Gasteiger charge is -2.08. The van der Waals surface area contributed by atoms with Crippen molar-refractivity contribution >= 4 is 21.9 Å². The second-order valence-corrected chi connectivity index (χ2v) is 9.28. The molecule has 176 valence electrons. The summed E-state index contributed by atoms with van der Waals surface area (Å²) in [5.74, 6) is -0.628. The number of halogens is 2. The summed E-state index contributed by atoms with van der Waals surface area (Å²) in [6.07, 6.45) is 1.77. The maximum atomic E-state index is 15.4. The van der Waals surface area contributed by atoms with Crippen molar-refractivity contribution in [3.05, 3.63) is 114 Å². The van der Waals surface area contributed by atoms with Crippen LogP contribution in [0.4, 0.5) is 8.78 Å². The smallest absolute Gasteiger partial charge is 0.219 e. The Hall–Kier alpha value is -4.31. The van der Waals surface area contributed by atoms with Crippen LogP contribution in [0.2, 0.25) is 0 Å². The van der Waals surface area contributed by atoms with Gasteiger partial charge >= 0.3 is 0 Å². The Morgan fingerprint density at radius 2 is 1.28 bits per heavy atom. The summed E-state index contributed by atoms with van der Waals surface area (Å²) < 4.78 is 38.4. The van der Waals surface area contributed by atoms with Gasteiger partial charge in [0.05, 0.1) is 11.1 Å². The zero-order valence-corrected chi connectivity index (χ0v) is 20.3. The molecule has 2 nitrogen and oxygen atoms in total. The predicted molar refractivity (Wildman–Crippen MR) is 141 cm³/mol. The van der Waals surface area contributed by atoms with Gasteiger partial charge in [0.15, 0.2) is 6.20 Å². The van der Waals surface area contributed by atoms with E-state index < -0.39 is 0 Å². The number of hydrogen-bond donors (Lipinski definition) is 0. The van der Waals surface area contributed by atoms with Crippen LogP contribution >= 0.6 is 0 Å². The van der Waals surface area contributed by atoms with Crippen LogP contribution in [-0.4, -0.2) is 0 Å². The van der Waals surface area contributed by atoms with E-state index in [1.807, 2.05) is 85.3 Å². The molecule has 4 aromatic carbocycles. The molecule has 4 heteroatoms. The van der Waals surface area contributed by atoms with Crippen LogP contribution in [0, 0.1) is 25.5 Å². The second kappa shape index (κ2) is 8.42.